The topological polar surface area (TPSA) is 76.1 Å². The molecule has 1 aromatic carbocycles. The van der Waals surface area contributed by atoms with Gasteiger partial charge in [-0.2, -0.15) is 13.2 Å². The molecule has 24 heavy (non-hydrogen) atoms. The number of anilines is 1. The van der Waals surface area contributed by atoms with Gasteiger partial charge >= 0.3 is 12.2 Å². The highest BCUT2D eigenvalue weighted by atomic mass is 19.4. The molecular formula is C15H15F3N4O2. The molecule has 0 atom stereocenters. The SMILES string of the molecule is Cc1nccc(CNC(=O)Nc2cccc(OCC(F)(F)F)c2)n1. The molecule has 0 spiro atoms. The average Bonchev–Trinajstić information content (AvgIpc) is 2.51. The Hall–Kier alpha value is -2.84. The van der Waals surface area contributed by atoms with E-state index in [1.165, 1.54) is 24.3 Å². The number of carbonyl (C=O) groups excluding carboxylic acids is 1. The van der Waals surface area contributed by atoms with E-state index in [0.717, 1.165) is 0 Å². The summed E-state index contributed by atoms with van der Waals surface area (Å²) in [5, 5.41) is 5.10. The van der Waals surface area contributed by atoms with Crippen molar-refractivity contribution in [2.75, 3.05) is 11.9 Å². The maximum Gasteiger partial charge on any atom is 0.422 e. The number of amides is 2. The molecule has 128 valence electrons. The Bertz CT molecular complexity index is 707. The first-order chi connectivity index (χ1) is 11.3. The lowest BCUT2D eigenvalue weighted by molar-refractivity contribution is -0.153. The van der Waals surface area contributed by atoms with Crippen molar-refractivity contribution in [1.29, 1.82) is 0 Å². The molecule has 0 radical (unpaired) electrons. The molecule has 9 heteroatoms. The number of aromatic nitrogens is 2. The maximum absolute atomic E-state index is 12.1. The number of rotatable bonds is 5. The summed E-state index contributed by atoms with van der Waals surface area (Å²) in [5.41, 5.74) is 0.950. The molecule has 0 bridgehead atoms. The van der Waals surface area contributed by atoms with E-state index in [9.17, 15) is 18.0 Å². The standard InChI is InChI=1S/C15H15F3N4O2/c1-10-19-6-5-12(21-10)8-20-14(23)22-11-3-2-4-13(7-11)24-9-15(16,17)18/h2-7H,8-9H2,1H3,(H2,20,22,23). The molecule has 1 heterocycles. The summed E-state index contributed by atoms with van der Waals surface area (Å²) in [6, 6.07) is 6.85. The summed E-state index contributed by atoms with van der Waals surface area (Å²) >= 11 is 0. The van der Waals surface area contributed by atoms with Gasteiger partial charge in [0.2, 0.25) is 0 Å². The van der Waals surface area contributed by atoms with Crippen LogP contribution in [0.4, 0.5) is 23.7 Å². The highest BCUT2D eigenvalue weighted by molar-refractivity contribution is 5.89. The normalized spacial score (nSPS) is 11.0. The lowest BCUT2D eigenvalue weighted by Crippen LogP contribution is -2.28. The third kappa shape index (κ3) is 6.11. The average molecular weight is 340 g/mol. The molecule has 0 saturated heterocycles. The van der Waals surface area contributed by atoms with E-state index in [4.69, 9.17) is 0 Å². The summed E-state index contributed by atoms with van der Waals surface area (Å²) in [6.07, 6.45) is -2.84. The number of urea groups is 1. The largest absolute Gasteiger partial charge is 0.484 e. The van der Waals surface area contributed by atoms with Crippen LogP contribution in [0.5, 0.6) is 5.75 Å². The van der Waals surface area contributed by atoms with Crippen LogP contribution in [0.2, 0.25) is 0 Å². The molecule has 0 aliphatic heterocycles. The number of nitrogens with zero attached hydrogens (tertiary/aromatic N) is 2. The van der Waals surface area contributed by atoms with Gasteiger partial charge in [-0.15, -0.1) is 0 Å². The van der Waals surface area contributed by atoms with E-state index >= 15 is 0 Å². The number of alkyl halides is 3. The molecule has 2 rings (SSSR count). The Morgan fingerprint density at radius 2 is 2.08 bits per heavy atom. The molecule has 0 unspecified atom stereocenters. The van der Waals surface area contributed by atoms with Crippen molar-refractivity contribution in [3.8, 4) is 5.75 Å². The molecule has 0 fully saturated rings. The zero-order valence-electron chi connectivity index (χ0n) is 12.7. The molecule has 2 N–H and O–H groups in total. The van der Waals surface area contributed by atoms with E-state index < -0.39 is 18.8 Å². The second-order valence-corrected chi connectivity index (χ2v) is 4.83. The van der Waals surface area contributed by atoms with Crippen molar-refractivity contribution < 1.29 is 22.7 Å². The Morgan fingerprint density at radius 1 is 1.29 bits per heavy atom. The van der Waals surface area contributed by atoms with Gasteiger partial charge in [0.15, 0.2) is 6.61 Å². The van der Waals surface area contributed by atoms with E-state index in [1.54, 1.807) is 19.2 Å². The predicted octanol–water partition coefficient (Wildman–Crippen LogP) is 3.05. The van der Waals surface area contributed by atoms with Crippen LogP contribution in [0.1, 0.15) is 11.5 Å². The van der Waals surface area contributed by atoms with Gasteiger partial charge in [-0.05, 0) is 25.1 Å². The van der Waals surface area contributed by atoms with Crippen LogP contribution in [0.3, 0.4) is 0 Å². The molecule has 0 aliphatic carbocycles. The second kappa shape index (κ2) is 7.62. The van der Waals surface area contributed by atoms with Gasteiger partial charge in [-0.25, -0.2) is 14.8 Å². The van der Waals surface area contributed by atoms with Gasteiger partial charge in [0.25, 0.3) is 0 Å². The van der Waals surface area contributed by atoms with Crippen LogP contribution < -0.4 is 15.4 Å². The van der Waals surface area contributed by atoms with E-state index in [0.29, 0.717) is 17.2 Å². The number of nitrogens with one attached hydrogen (secondary N) is 2. The van der Waals surface area contributed by atoms with Gasteiger partial charge in [-0.3, -0.25) is 0 Å². The fraction of sp³-hybridized carbons (Fsp3) is 0.267. The summed E-state index contributed by atoms with van der Waals surface area (Å²) < 4.78 is 41.0. The van der Waals surface area contributed by atoms with E-state index in [1.807, 2.05) is 0 Å². The van der Waals surface area contributed by atoms with Crippen molar-refractivity contribution in [2.24, 2.45) is 0 Å². The minimum absolute atomic E-state index is 0.0107. The fourth-order valence-corrected chi connectivity index (χ4v) is 1.78. The van der Waals surface area contributed by atoms with Crippen molar-refractivity contribution in [1.82, 2.24) is 15.3 Å². The Balaban J connectivity index is 1.87. The van der Waals surface area contributed by atoms with Crippen molar-refractivity contribution in [3.05, 3.63) is 48.0 Å². The van der Waals surface area contributed by atoms with Crippen LogP contribution in [-0.4, -0.2) is 28.8 Å². The minimum Gasteiger partial charge on any atom is -0.484 e. The van der Waals surface area contributed by atoms with Crippen LogP contribution in [-0.2, 0) is 6.54 Å². The molecule has 0 aliphatic rings. The van der Waals surface area contributed by atoms with Crippen molar-refractivity contribution in [2.45, 2.75) is 19.6 Å². The predicted molar refractivity (Wildman–Crippen MR) is 80.6 cm³/mol. The number of hydrogen-bond acceptors (Lipinski definition) is 4. The summed E-state index contributed by atoms with van der Waals surface area (Å²) in [7, 11) is 0. The zero-order valence-corrected chi connectivity index (χ0v) is 12.7. The van der Waals surface area contributed by atoms with Gasteiger partial charge < -0.3 is 15.4 Å². The first-order valence-corrected chi connectivity index (χ1v) is 6.95. The highest BCUT2D eigenvalue weighted by Crippen LogP contribution is 2.21. The number of aryl methyl sites for hydroxylation is 1. The number of ether oxygens (including phenoxy) is 1. The molecule has 0 saturated carbocycles. The van der Waals surface area contributed by atoms with Crippen LogP contribution in [0.25, 0.3) is 0 Å². The maximum atomic E-state index is 12.1. The summed E-state index contributed by atoms with van der Waals surface area (Å²) in [5.74, 6) is 0.598. The lowest BCUT2D eigenvalue weighted by Gasteiger charge is -2.11. The van der Waals surface area contributed by atoms with Gasteiger partial charge in [-0.1, -0.05) is 6.07 Å². The first-order valence-electron chi connectivity index (χ1n) is 6.95. The third-order valence-electron chi connectivity index (χ3n) is 2.76. The quantitative estimate of drug-likeness (QED) is 0.877. The highest BCUT2D eigenvalue weighted by Gasteiger charge is 2.28. The number of hydrogen-bond donors (Lipinski definition) is 2. The van der Waals surface area contributed by atoms with Crippen LogP contribution >= 0.6 is 0 Å². The molecule has 6 nitrogen and oxygen atoms in total. The summed E-state index contributed by atoms with van der Waals surface area (Å²) in [4.78, 5) is 19.9. The van der Waals surface area contributed by atoms with Crippen molar-refractivity contribution >= 4 is 11.7 Å². The molecule has 2 amide bonds. The summed E-state index contributed by atoms with van der Waals surface area (Å²) in [6.45, 7) is 0.533. The van der Waals surface area contributed by atoms with E-state index in [2.05, 4.69) is 25.3 Å². The molecular weight excluding hydrogens is 325 g/mol. The smallest absolute Gasteiger partial charge is 0.422 e. The fourth-order valence-electron chi connectivity index (χ4n) is 1.78. The second-order valence-electron chi connectivity index (χ2n) is 4.83. The number of benzene rings is 1. The van der Waals surface area contributed by atoms with Crippen LogP contribution in [0.15, 0.2) is 36.5 Å². The zero-order chi connectivity index (χ0) is 17.6. The Labute approximate surface area is 136 Å². The molecule has 2 aromatic rings. The Kier molecular flexibility index (Phi) is 5.56. The number of halogens is 3. The monoisotopic (exact) mass is 340 g/mol. The van der Waals surface area contributed by atoms with Gasteiger partial charge in [0.1, 0.15) is 11.6 Å². The Morgan fingerprint density at radius 3 is 2.79 bits per heavy atom. The molecule has 1 aromatic heterocycles. The first kappa shape index (κ1) is 17.5. The van der Waals surface area contributed by atoms with Crippen LogP contribution in [0, 0.1) is 6.92 Å². The lowest BCUT2D eigenvalue weighted by atomic mass is 10.3. The van der Waals surface area contributed by atoms with Gasteiger partial charge in [0, 0.05) is 18.0 Å². The third-order valence-corrected chi connectivity index (χ3v) is 2.76. The van der Waals surface area contributed by atoms with E-state index in [-0.39, 0.29) is 12.3 Å². The van der Waals surface area contributed by atoms with Crippen molar-refractivity contribution in [3.63, 3.8) is 0 Å². The number of carbonyl (C=O) groups is 1. The van der Waals surface area contributed by atoms with Gasteiger partial charge in [0.05, 0.1) is 12.2 Å². The minimum atomic E-state index is -4.42.